The van der Waals surface area contributed by atoms with E-state index in [0.29, 0.717) is 29.8 Å². The first kappa shape index (κ1) is 14.6. The van der Waals surface area contributed by atoms with Crippen molar-refractivity contribution >= 4 is 26.6 Å². The van der Waals surface area contributed by atoms with Crippen LogP contribution in [0.1, 0.15) is 0 Å². The fraction of sp³-hybridized carbons (Fsp3) is 0.133. The molecule has 2 aromatic heterocycles. The van der Waals surface area contributed by atoms with Crippen molar-refractivity contribution in [1.82, 2.24) is 9.55 Å². The maximum atomic E-state index is 12.9. The third kappa shape index (κ3) is 2.34. The first-order chi connectivity index (χ1) is 10.5. The number of nitrogen functional groups attached to an aromatic ring is 1. The number of rotatable bonds is 4. The van der Waals surface area contributed by atoms with Gasteiger partial charge < -0.3 is 16.0 Å². The van der Waals surface area contributed by atoms with Gasteiger partial charge in [0.2, 0.25) is 9.84 Å². The van der Waals surface area contributed by atoms with Gasteiger partial charge in [-0.1, -0.05) is 6.07 Å². The summed E-state index contributed by atoms with van der Waals surface area (Å²) in [6, 6.07) is 9.73. The van der Waals surface area contributed by atoms with Crippen molar-refractivity contribution in [3.63, 3.8) is 0 Å². The smallest absolute Gasteiger partial charge is 0.208 e. The van der Waals surface area contributed by atoms with Crippen LogP contribution in [0.4, 0.5) is 5.69 Å². The first-order valence-electron chi connectivity index (χ1n) is 6.78. The van der Waals surface area contributed by atoms with Crippen molar-refractivity contribution in [3.8, 4) is 0 Å². The predicted octanol–water partition coefficient (Wildman–Crippen LogP) is 1.41. The van der Waals surface area contributed by atoms with Crippen molar-refractivity contribution in [2.24, 2.45) is 5.73 Å². The van der Waals surface area contributed by atoms with Gasteiger partial charge in [-0.3, -0.25) is 0 Å². The van der Waals surface area contributed by atoms with E-state index < -0.39 is 9.84 Å². The van der Waals surface area contributed by atoms with Crippen LogP contribution in [0.3, 0.4) is 0 Å². The SMILES string of the molecule is NCCn1cc(S(=O)(=O)c2cccc(N)c2)c2cccnc21. The number of aromatic nitrogens is 2. The van der Waals surface area contributed by atoms with Gasteiger partial charge in [0, 0.05) is 36.6 Å². The second-order valence-corrected chi connectivity index (χ2v) is 6.84. The lowest BCUT2D eigenvalue weighted by Crippen LogP contribution is -2.09. The Morgan fingerprint density at radius 1 is 1.18 bits per heavy atom. The molecule has 0 amide bonds. The van der Waals surface area contributed by atoms with Gasteiger partial charge >= 0.3 is 0 Å². The summed E-state index contributed by atoms with van der Waals surface area (Å²) in [6.45, 7) is 0.901. The molecular weight excluding hydrogens is 300 g/mol. The van der Waals surface area contributed by atoms with E-state index >= 15 is 0 Å². The number of pyridine rings is 1. The van der Waals surface area contributed by atoms with Crippen LogP contribution in [-0.2, 0) is 16.4 Å². The minimum Gasteiger partial charge on any atom is -0.399 e. The Morgan fingerprint density at radius 3 is 2.73 bits per heavy atom. The van der Waals surface area contributed by atoms with Crippen molar-refractivity contribution in [2.45, 2.75) is 16.3 Å². The highest BCUT2D eigenvalue weighted by Gasteiger charge is 2.23. The van der Waals surface area contributed by atoms with Crippen LogP contribution in [-0.4, -0.2) is 24.5 Å². The molecule has 0 fully saturated rings. The second kappa shape index (κ2) is 5.43. The molecule has 6 nitrogen and oxygen atoms in total. The van der Waals surface area contributed by atoms with E-state index in [2.05, 4.69) is 4.98 Å². The zero-order valence-corrected chi connectivity index (χ0v) is 12.6. The normalized spacial score (nSPS) is 11.9. The Morgan fingerprint density at radius 2 is 2.00 bits per heavy atom. The average molecular weight is 316 g/mol. The molecule has 4 N–H and O–H groups in total. The maximum Gasteiger partial charge on any atom is 0.208 e. The number of sulfone groups is 1. The minimum absolute atomic E-state index is 0.170. The summed E-state index contributed by atoms with van der Waals surface area (Å²) in [6.07, 6.45) is 3.22. The van der Waals surface area contributed by atoms with E-state index in [1.54, 1.807) is 41.2 Å². The largest absolute Gasteiger partial charge is 0.399 e. The first-order valence-corrected chi connectivity index (χ1v) is 8.27. The van der Waals surface area contributed by atoms with Crippen LogP contribution in [0.5, 0.6) is 0 Å². The molecule has 22 heavy (non-hydrogen) atoms. The van der Waals surface area contributed by atoms with Crippen LogP contribution >= 0.6 is 0 Å². The highest BCUT2D eigenvalue weighted by molar-refractivity contribution is 7.91. The Balaban J connectivity index is 2.25. The van der Waals surface area contributed by atoms with Crippen molar-refractivity contribution in [1.29, 1.82) is 0 Å². The monoisotopic (exact) mass is 316 g/mol. The molecule has 0 spiro atoms. The number of nitrogens with two attached hydrogens (primary N) is 2. The summed E-state index contributed by atoms with van der Waals surface area (Å²) < 4.78 is 27.5. The summed E-state index contributed by atoms with van der Waals surface area (Å²) in [7, 11) is -3.67. The van der Waals surface area contributed by atoms with E-state index in [0.717, 1.165) is 0 Å². The Bertz CT molecular complexity index is 932. The lowest BCUT2D eigenvalue weighted by Gasteiger charge is -2.04. The molecule has 0 aliphatic rings. The minimum atomic E-state index is -3.67. The van der Waals surface area contributed by atoms with Gasteiger partial charge in [0.25, 0.3) is 0 Å². The Labute approximate surface area is 128 Å². The zero-order chi connectivity index (χ0) is 15.7. The van der Waals surface area contributed by atoms with E-state index in [-0.39, 0.29) is 9.79 Å². The third-order valence-corrected chi connectivity index (χ3v) is 5.20. The molecule has 7 heteroatoms. The van der Waals surface area contributed by atoms with Crippen molar-refractivity contribution in [3.05, 3.63) is 48.8 Å². The summed E-state index contributed by atoms with van der Waals surface area (Å²) in [5, 5.41) is 0.582. The molecule has 0 saturated carbocycles. The quantitative estimate of drug-likeness (QED) is 0.708. The highest BCUT2D eigenvalue weighted by atomic mass is 32.2. The number of benzene rings is 1. The van der Waals surface area contributed by atoms with Crippen LogP contribution < -0.4 is 11.5 Å². The topological polar surface area (TPSA) is 104 Å². The predicted molar refractivity (Wildman–Crippen MR) is 85.1 cm³/mol. The Kier molecular flexibility index (Phi) is 3.59. The fourth-order valence-electron chi connectivity index (χ4n) is 2.42. The fourth-order valence-corrected chi connectivity index (χ4v) is 3.94. The van der Waals surface area contributed by atoms with E-state index in [1.807, 2.05) is 0 Å². The number of fused-ring (bicyclic) bond motifs is 1. The summed E-state index contributed by atoms with van der Waals surface area (Å²) >= 11 is 0. The Hall–Kier alpha value is -2.38. The molecular formula is C15H16N4O2S. The van der Waals surface area contributed by atoms with Crippen molar-refractivity contribution < 1.29 is 8.42 Å². The molecule has 0 aliphatic carbocycles. The van der Waals surface area contributed by atoms with Gasteiger partial charge in [0.1, 0.15) is 5.65 Å². The second-order valence-electron chi connectivity index (χ2n) is 4.93. The van der Waals surface area contributed by atoms with Gasteiger partial charge in [-0.25, -0.2) is 13.4 Å². The molecule has 114 valence electrons. The molecule has 0 bridgehead atoms. The van der Waals surface area contributed by atoms with E-state index in [4.69, 9.17) is 11.5 Å². The molecule has 0 unspecified atom stereocenters. The number of hydrogen-bond donors (Lipinski definition) is 2. The average Bonchev–Trinajstić information content (AvgIpc) is 2.88. The standard InChI is InChI=1S/C15H16N4O2S/c16-6-8-19-10-14(13-5-2-7-18-15(13)19)22(20,21)12-4-1-3-11(17)9-12/h1-5,7,9-10H,6,8,16-17H2. The molecule has 3 rings (SSSR count). The van der Waals surface area contributed by atoms with Gasteiger partial charge in [-0.2, -0.15) is 0 Å². The van der Waals surface area contributed by atoms with E-state index in [1.165, 1.54) is 12.1 Å². The van der Waals surface area contributed by atoms with Crippen LogP contribution in [0.15, 0.2) is 58.6 Å². The summed E-state index contributed by atoms with van der Waals surface area (Å²) in [5.41, 5.74) is 12.3. The third-order valence-electron chi connectivity index (χ3n) is 3.43. The number of anilines is 1. The van der Waals surface area contributed by atoms with Crippen LogP contribution in [0.2, 0.25) is 0 Å². The van der Waals surface area contributed by atoms with Gasteiger partial charge in [-0.05, 0) is 30.3 Å². The lowest BCUT2D eigenvalue weighted by atomic mass is 10.3. The van der Waals surface area contributed by atoms with E-state index in [9.17, 15) is 8.42 Å². The lowest BCUT2D eigenvalue weighted by molar-refractivity contribution is 0.596. The molecule has 1 aromatic carbocycles. The maximum absolute atomic E-state index is 12.9. The summed E-state index contributed by atoms with van der Waals surface area (Å²) in [4.78, 5) is 4.65. The van der Waals surface area contributed by atoms with Gasteiger partial charge in [0.15, 0.2) is 0 Å². The highest BCUT2D eigenvalue weighted by Crippen LogP contribution is 2.29. The number of hydrogen-bond acceptors (Lipinski definition) is 5. The molecule has 0 aliphatic heterocycles. The molecule has 2 heterocycles. The molecule has 0 saturated heterocycles. The van der Waals surface area contributed by atoms with Gasteiger partial charge in [0.05, 0.1) is 9.79 Å². The molecule has 0 radical (unpaired) electrons. The van der Waals surface area contributed by atoms with Gasteiger partial charge in [-0.15, -0.1) is 0 Å². The molecule has 3 aromatic rings. The zero-order valence-electron chi connectivity index (χ0n) is 11.8. The number of nitrogens with zero attached hydrogens (tertiary/aromatic N) is 2. The van der Waals surface area contributed by atoms with Crippen LogP contribution in [0, 0.1) is 0 Å². The molecule has 0 atom stereocenters. The van der Waals surface area contributed by atoms with Crippen LogP contribution in [0.25, 0.3) is 11.0 Å². The van der Waals surface area contributed by atoms with Crippen molar-refractivity contribution in [2.75, 3.05) is 12.3 Å². The summed E-state index contributed by atoms with van der Waals surface area (Å²) in [5.74, 6) is 0.